The lowest BCUT2D eigenvalue weighted by Crippen LogP contribution is -2.13. The molecular formula is C13H13IN4S. The van der Waals surface area contributed by atoms with E-state index in [2.05, 4.69) is 62.4 Å². The number of hydrogen-bond acceptors (Lipinski definition) is 2. The van der Waals surface area contributed by atoms with E-state index in [1.54, 1.807) is 6.20 Å². The summed E-state index contributed by atoms with van der Waals surface area (Å²) < 4.78 is 6.05. The third kappa shape index (κ3) is 2.46. The molecule has 0 bridgehead atoms. The molecular weight excluding hydrogens is 371 g/mol. The van der Waals surface area contributed by atoms with Crippen LogP contribution in [0.25, 0.3) is 11.0 Å². The number of fused-ring (bicyclic) bond motifs is 1. The van der Waals surface area contributed by atoms with Crippen LogP contribution in [0.3, 0.4) is 0 Å². The van der Waals surface area contributed by atoms with Crippen molar-refractivity contribution in [3.05, 3.63) is 45.0 Å². The molecule has 3 rings (SSSR count). The summed E-state index contributed by atoms with van der Waals surface area (Å²) in [6, 6.07) is 8.51. The Balaban J connectivity index is 2.04. The van der Waals surface area contributed by atoms with Crippen molar-refractivity contribution in [2.45, 2.75) is 19.5 Å². The number of hydrogen-bond donors (Lipinski definition) is 1. The fourth-order valence-electron chi connectivity index (χ4n) is 2.30. The summed E-state index contributed by atoms with van der Waals surface area (Å²) in [5.74, 6) is 0. The average molecular weight is 384 g/mol. The van der Waals surface area contributed by atoms with Crippen LogP contribution in [0.5, 0.6) is 0 Å². The molecule has 6 heteroatoms. The van der Waals surface area contributed by atoms with Crippen molar-refractivity contribution < 1.29 is 0 Å². The second-order valence-corrected chi connectivity index (χ2v) is 6.17. The first-order chi connectivity index (χ1) is 9.15. The molecule has 0 saturated carbocycles. The van der Waals surface area contributed by atoms with Gasteiger partial charge in [-0.3, -0.25) is 4.68 Å². The van der Waals surface area contributed by atoms with Crippen LogP contribution in [0.2, 0.25) is 0 Å². The lowest BCUT2D eigenvalue weighted by atomic mass is 10.3. The maximum atomic E-state index is 5.44. The molecule has 0 aliphatic carbocycles. The Bertz CT molecular complexity index is 757. The van der Waals surface area contributed by atoms with Gasteiger partial charge in [0.05, 0.1) is 23.6 Å². The first-order valence-electron chi connectivity index (χ1n) is 6.02. The van der Waals surface area contributed by atoms with Crippen LogP contribution in [0.4, 0.5) is 0 Å². The molecule has 0 aliphatic heterocycles. The molecule has 2 aromatic heterocycles. The van der Waals surface area contributed by atoms with Crippen molar-refractivity contribution >= 4 is 45.8 Å². The maximum absolute atomic E-state index is 5.44. The minimum atomic E-state index is 0.251. The normalized spacial score (nSPS) is 12.9. The maximum Gasteiger partial charge on any atom is 0.178 e. The van der Waals surface area contributed by atoms with Gasteiger partial charge in [-0.25, -0.2) is 0 Å². The molecule has 2 heterocycles. The first kappa shape index (κ1) is 12.9. The van der Waals surface area contributed by atoms with Crippen LogP contribution in [0.15, 0.2) is 36.7 Å². The molecule has 0 fully saturated rings. The molecule has 0 spiro atoms. The summed E-state index contributed by atoms with van der Waals surface area (Å²) in [4.78, 5) is 3.27. The average Bonchev–Trinajstić information content (AvgIpc) is 2.95. The van der Waals surface area contributed by atoms with Crippen molar-refractivity contribution in [3.63, 3.8) is 0 Å². The summed E-state index contributed by atoms with van der Waals surface area (Å²) in [6.45, 7) is 2.96. The number of imidazole rings is 1. The molecule has 0 amide bonds. The largest absolute Gasteiger partial charge is 0.331 e. The molecule has 1 aromatic carbocycles. The number of nitrogens with zero attached hydrogens (tertiary/aromatic N) is 3. The third-order valence-corrected chi connectivity index (χ3v) is 4.10. The SMILES string of the molecule is CC(Cn1cccn1)n1c(=S)[nH]c2cc(I)ccc21. The standard InChI is InChI=1S/C13H13IN4S/c1-9(8-17-6-2-5-15-17)18-12-4-3-10(14)7-11(12)16-13(18)19/h2-7,9H,8H2,1H3,(H,16,19). The zero-order valence-corrected chi connectivity index (χ0v) is 13.4. The Morgan fingerprint density at radius 3 is 3.05 bits per heavy atom. The lowest BCUT2D eigenvalue weighted by molar-refractivity contribution is 0.442. The number of aromatic nitrogens is 4. The van der Waals surface area contributed by atoms with Crippen LogP contribution in [0.1, 0.15) is 13.0 Å². The van der Waals surface area contributed by atoms with E-state index >= 15 is 0 Å². The summed E-state index contributed by atoms with van der Waals surface area (Å²) in [6.07, 6.45) is 3.77. The number of aromatic amines is 1. The van der Waals surface area contributed by atoms with Crippen LogP contribution in [-0.4, -0.2) is 19.3 Å². The minimum absolute atomic E-state index is 0.251. The lowest BCUT2D eigenvalue weighted by Gasteiger charge is -2.14. The number of nitrogens with one attached hydrogen (secondary N) is 1. The highest BCUT2D eigenvalue weighted by molar-refractivity contribution is 14.1. The second-order valence-electron chi connectivity index (χ2n) is 4.54. The minimum Gasteiger partial charge on any atom is -0.331 e. The zero-order chi connectivity index (χ0) is 13.4. The molecule has 98 valence electrons. The van der Waals surface area contributed by atoms with E-state index in [1.807, 2.05) is 16.9 Å². The molecule has 0 saturated heterocycles. The van der Waals surface area contributed by atoms with E-state index < -0.39 is 0 Å². The van der Waals surface area contributed by atoms with Crippen LogP contribution in [-0.2, 0) is 6.54 Å². The first-order valence-corrected chi connectivity index (χ1v) is 7.51. The van der Waals surface area contributed by atoms with Gasteiger partial charge in [0.25, 0.3) is 0 Å². The van der Waals surface area contributed by atoms with Gasteiger partial charge in [0.15, 0.2) is 4.77 Å². The fourth-order valence-corrected chi connectivity index (χ4v) is 3.18. The molecule has 19 heavy (non-hydrogen) atoms. The highest BCUT2D eigenvalue weighted by Crippen LogP contribution is 2.22. The van der Waals surface area contributed by atoms with E-state index in [9.17, 15) is 0 Å². The number of halogens is 1. The predicted molar refractivity (Wildman–Crippen MR) is 86.8 cm³/mol. The quantitative estimate of drug-likeness (QED) is 0.552. The number of rotatable bonds is 3. The van der Waals surface area contributed by atoms with Crippen LogP contribution < -0.4 is 0 Å². The Morgan fingerprint density at radius 1 is 1.47 bits per heavy atom. The summed E-state index contributed by atoms with van der Waals surface area (Å²) >= 11 is 7.75. The van der Waals surface area contributed by atoms with Gasteiger partial charge in [0.2, 0.25) is 0 Å². The zero-order valence-electron chi connectivity index (χ0n) is 10.4. The second kappa shape index (κ2) is 5.09. The van der Waals surface area contributed by atoms with Gasteiger partial charge in [-0.2, -0.15) is 5.10 Å². The number of H-pyrrole nitrogens is 1. The van der Waals surface area contributed by atoms with E-state index in [1.165, 1.54) is 3.57 Å². The summed E-state index contributed by atoms with van der Waals surface area (Å²) in [5.41, 5.74) is 2.23. The van der Waals surface area contributed by atoms with E-state index in [0.29, 0.717) is 0 Å². The molecule has 0 aliphatic rings. The van der Waals surface area contributed by atoms with Gasteiger partial charge in [-0.15, -0.1) is 0 Å². The van der Waals surface area contributed by atoms with Gasteiger partial charge in [0, 0.05) is 16.0 Å². The van der Waals surface area contributed by atoms with Crippen molar-refractivity contribution in [3.8, 4) is 0 Å². The number of benzene rings is 1. The van der Waals surface area contributed by atoms with E-state index in [-0.39, 0.29) is 6.04 Å². The highest BCUT2D eigenvalue weighted by Gasteiger charge is 2.12. The van der Waals surface area contributed by atoms with Crippen molar-refractivity contribution in [2.24, 2.45) is 0 Å². The smallest absolute Gasteiger partial charge is 0.178 e. The summed E-state index contributed by atoms with van der Waals surface area (Å²) in [5, 5.41) is 4.25. The van der Waals surface area contributed by atoms with Crippen molar-refractivity contribution in [1.29, 1.82) is 0 Å². The molecule has 4 nitrogen and oxygen atoms in total. The highest BCUT2D eigenvalue weighted by atomic mass is 127. The monoisotopic (exact) mass is 384 g/mol. The van der Waals surface area contributed by atoms with E-state index in [0.717, 1.165) is 22.3 Å². The third-order valence-electron chi connectivity index (χ3n) is 3.13. The van der Waals surface area contributed by atoms with Gasteiger partial charge in [0.1, 0.15) is 0 Å². The van der Waals surface area contributed by atoms with Gasteiger partial charge < -0.3 is 9.55 Å². The Labute approximate surface area is 129 Å². The van der Waals surface area contributed by atoms with E-state index in [4.69, 9.17) is 12.2 Å². The fraction of sp³-hybridized carbons (Fsp3) is 0.231. The Morgan fingerprint density at radius 2 is 2.32 bits per heavy atom. The molecule has 1 N–H and O–H groups in total. The molecule has 1 atom stereocenters. The van der Waals surface area contributed by atoms with Crippen molar-refractivity contribution in [1.82, 2.24) is 19.3 Å². The summed E-state index contributed by atoms with van der Waals surface area (Å²) in [7, 11) is 0. The van der Waals surface area contributed by atoms with Gasteiger partial charge in [-0.05, 0) is 66.0 Å². The topological polar surface area (TPSA) is 38.5 Å². The molecule has 3 aromatic rings. The van der Waals surface area contributed by atoms with Crippen LogP contribution >= 0.6 is 34.8 Å². The van der Waals surface area contributed by atoms with Gasteiger partial charge >= 0.3 is 0 Å². The Hall–Kier alpha value is -1.15. The van der Waals surface area contributed by atoms with Crippen LogP contribution in [0, 0.1) is 8.34 Å². The van der Waals surface area contributed by atoms with Crippen molar-refractivity contribution in [2.75, 3.05) is 0 Å². The Kier molecular flexibility index (Phi) is 3.44. The van der Waals surface area contributed by atoms with Gasteiger partial charge in [-0.1, -0.05) is 0 Å². The molecule has 0 radical (unpaired) electrons. The predicted octanol–water partition coefficient (Wildman–Crippen LogP) is 3.76. The molecule has 1 unspecified atom stereocenters.